The van der Waals surface area contributed by atoms with Gasteiger partial charge in [-0.25, -0.2) is 9.48 Å². The average molecular weight is 759 g/mol. The Labute approximate surface area is 319 Å². The molecule has 12 heteroatoms. The number of carbonyl (C=O) groups excluding carboxylic acids is 1. The number of nitrogens with zero attached hydrogens (tertiary/aromatic N) is 4. The summed E-state index contributed by atoms with van der Waals surface area (Å²) in [5, 5.41) is 11.3. The van der Waals surface area contributed by atoms with Crippen molar-refractivity contribution < 1.29 is 18.4 Å². The molecule has 0 saturated carbocycles. The quantitative estimate of drug-likeness (QED) is 0.123. The van der Waals surface area contributed by atoms with Gasteiger partial charge in [0, 0.05) is 48.3 Å². The van der Waals surface area contributed by atoms with Crippen molar-refractivity contribution in [3.8, 4) is 17.2 Å². The number of aromatic nitrogens is 3. The molecule has 0 aliphatic carbocycles. The lowest BCUT2D eigenvalue weighted by atomic mass is 9.92. The second kappa shape index (κ2) is 16.6. The summed E-state index contributed by atoms with van der Waals surface area (Å²) in [6.45, 7) is 31.8. The number of amides is 2. The first-order chi connectivity index (χ1) is 24.6. The summed E-state index contributed by atoms with van der Waals surface area (Å²) in [6.07, 6.45) is 3.35. The lowest BCUT2D eigenvalue weighted by Gasteiger charge is -2.38. The summed E-state index contributed by atoms with van der Waals surface area (Å²) < 4.78 is 20.9. The molecule has 0 aliphatic heterocycles. The van der Waals surface area contributed by atoms with Gasteiger partial charge in [0.05, 0.1) is 24.6 Å². The highest BCUT2D eigenvalue weighted by atomic mass is 28.4. The van der Waals surface area contributed by atoms with Crippen LogP contribution in [-0.2, 0) is 14.3 Å². The van der Waals surface area contributed by atoms with Crippen LogP contribution in [0, 0.1) is 0 Å². The van der Waals surface area contributed by atoms with E-state index >= 15 is 0 Å². The second-order valence-electron chi connectivity index (χ2n) is 17.7. The first kappa shape index (κ1) is 41.8. The Morgan fingerprint density at radius 3 is 1.81 bits per heavy atom. The molecule has 0 unspecified atom stereocenters. The molecule has 4 rings (SSSR count). The Kier molecular flexibility index (Phi) is 13.1. The maximum atomic E-state index is 13.4. The van der Waals surface area contributed by atoms with Gasteiger partial charge in [-0.1, -0.05) is 68.4 Å². The topological polar surface area (TPSA) is 103 Å². The van der Waals surface area contributed by atoms with Gasteiger partial charge in [-0.15, -0.1) is 0 Å². The zero-order chi connectivity index (χ0) is 39.2. The van der Waals surface area contributed by atoms with Gasteiger partial charge >= 0.3 is 6.03 Å². The molecule has 0 aliphatic rings. The summed E-state index contributed by atoms with van der Waals surface area (Å²) in [6, 6.07) is 20.7. The number of hydrogen-bond donors (Lipinski definition) is 2. The van der Waals surface area contributed by atoms with Crippen LogP contribution in [0.4, 0.5) is 22.0 Å². The van der Waals surface area contributed by atoms with E-state index < -0.39 is 16.6 Å². The Morgan fingerprint density at radius 2 is 1.28 bits per heavy atom. The van der Waals surface area contributed by atoms with E-state index in [2.05, 4.69) is 121 Å². The fourth-order valence-corrected chi connectivity index (χ4v) is 6.98. The molecule has 2 amide bonds. The standard InChI is InChI=1S/C41H62N6O4Si2/c1-39(2,3)36-30-37(44-38(48)43-31-17-19-34(20-18-31)51-35-21-23-42-24-22-35)47(45-36)33-16-14-15-32(29-33)46(25-27-49-52(10,11)40(4,5)6)26-28-50-53(12,13)41(7,8)9/h14-24,29-30H,25-28H2,1-13H3,(H2,43,44,48). The van der Waals surface area contributed by atoms with Crippen molar-refractivity contribution in [1.29, 1.82) is 0 Å². The Bertz CT molecular complexity index is 1760. The molecule has 2 N–H and O–H groups in total. The van der Waals surface area contributed by atoms with Gasteiger partial charge in [0.25, 0.3) is 0 Å². The van der Waals surface area contributed by atoms with E-state index in [1.54, 1.807) is 36.7 Å². The highest BCUT2D eigenvalue weighted by Crippen LogP contribution is 2.38. The van der Waals surface area contributed by atoms with Gasteiger partial charge < -0.3 is 23.8 Å². The van der Waals surface area contributed by atoms with E-state index in [0.717, 1.165) is 30.2 Å². The van der Waals surface area contributed by atoms with Gasteiger partial charge in [-0.2, -0.15) is 5.10 Å². The largest absolute Gasteiger partial charge is 0.457 e. The molecule has 0 saturated heterocycles. The molecule has 0 atom stereocenters. The van der Waals surface area contributed by atoms with E-state index in [0.29, 0.717) is 36.2 Å². The maximum Gasteiger partial charge on any atom is 0.324 e. The summed E-state index contributed by atoms with van der Waals surface area (Å²) in [7, 11) is -3.86. The van der Waals surface area contributed by atoms with Crippen molar-refractivity contribution in [3.63, 3.8) is 0 Å². The summed E-state index contributed by atoms with van der Waals surface area (Å²) in [5.41, 5.74) is 3.13. The third-order valence-corrected chi connectivity index (χ3v) is 19.5. The first-order valence-corrected chi connectivity index (χ1v) is 24.4. The highest BCUT2D eigenvalue weighted by Gasteiger charge is 2.38. The van der Waals surface area contributed by atoms with Crippen LogP contribution in [0.15, 0.2) is 79.1 Å². The van der Waals surface area contributed by atoms with E-state index in [4.69, 9.17) is 18.7 Å². The number of pyridine rings is 1. The predicted molar refractivity (Wildman–Crippen MR) is 224 cm³/mol. The number of rotatable bonds is 14. The lowest BCUT2D eigenvalue weighted by molar-refractivity contribution is 0.262. The second-order valence-corrected chi connectivity index (χ2v) is 27.3. The third kappa shape index (κ3) is 11.5. The van der Waals surface area contributed by atoms with Gasteiger partial charge in [-0.3, -0.25) is 10.3 Å². The lowest BCUT2D eigenvalue weighted by Crippen LogP contribution is -2.44. The van der Waals surface area contributed by atoms with Gasteiger partial charge in [-0.05, 0) is 90.9 Å². The Morgan fingerprint density at radius 1 is 0.736 bits per heavy atom. The molecule has 288 valence electrons. The number of hydrogen-bond acceptors (Lipinski definition) is 7. The number of urea groups is 1. The number of ether oxygens (including phenoxy) is 1. The van der Waals surface area contributed by atoms with Crippen LogP contribution in [0.25, 0.3) is 5.69 Å². The molecule has 2 heterocycles. The molecule has 2 aromatic heterocycles. The van der Waals surface area contributed by atoms with Crippen molar-refractivity contribution in [2.75, 3.05) is 41.8 Å². The molecule has 53 heavy (non-hydrogen) atoms. The maximum absolute atomic E-state index is 13.4. The van der Waals surface area contributed by atoms with Crippen LogP contribution >= 0.6 is 0 Å². The molecule has 2 aromatic carbocycles. The van der Waals surface area contributed by atoms with Crippen LogP contribution in [0.5, 0.6) is 11.5 Å². The average Bonchev–Trinajstić information content (AvgIpc) is 3.49. The Balaban J connectivity index is 1.57. The molecule has 0 fully saturated rings. The van der Waals surface area contributed by atoms with E-state index in [1.165, 1.54) is 0 Å². The van der Waals surface area contributed by atoms with Crippen molar-refractivity contribution in [3.05, 3.63) is 84.8 Å². The fourth-order valence-electron chi connectivity index (χ4n) is 4.91. The highest BCUT2D eigenvalue weighted by molar-refractivity contribution is 6.74. The van der Waals surface area contributed by atoms with Crippen LogP contribution < -0.4 is 20.3 Å². The van der Waals surface area contributed by atoms with Gasteiger partial charge in [0.1, 0.15) is 17.3 Å². The van der Waals surface area contributed by atoms with Gasteiger partial charge in [0.15, 0.2) is 16.6 Å². The number of anilines is 3. The molecule has 4 aromatic rings. The van der Waals surface area contributed by atoms with Crippen molar-refractivity contribution in [1.82, 2.24) is 14.8 Å². The predicted octanol–water partition coefficient (Wildman–Crippen LogP) is 10.9. The van der Waals surface area contributed by atoms with Crippen molar-refractivity contribution in [2.45, 2.75) is 104 Å². The molecule has 0 spiro atoms. The molecule has 10 nitrogen and oxygen atoms in total. The summed E-state index contributed by atoms with van der Waals surface area (Å²) in [5.74, 6) is 1.91. The van der Waals surface area contributed by atoms with Crippen molar-refractivity contribution in [2.24, 2.45) is 0 Å². The normalized spacial score (nSPS) is 12.8. The minimum absolute atomic E-state index is 0.127. The molecular formula is C41H62N6O4Si2. The third-order valence-electron chi connectivity index (χ3n) is 10.4. The van der Waals surface area contributed by atoms with E-state index in [9.17, 15) is 4.79 Å². The fraction of sp³-hybridized carbons (Fsp3) is 0.488. The Hall–Kier alpha value is -3.98. The number of nitrogens with one attached hydrogen (secondary N) is 2. The minimum Gasteiger partial charge on any atom is -0.457 e. The first-order valence-electron chi connectivity index (χ1n) is 18.6. The molecular weight excluding hydrogens is 697 g/mol. The van der Waals surface area contributed by atoms with Gasteiger partial charge in [0.2, 0.25) is 0 Å². The SMILES string of the molecule is CC(C)(C)c1cc(NC(=O)Nc2ccc(Oc3ccncc3)cc2)n(-c2cccc(N(CCO[Si](C)(C)C(C)(C)C)CCO[Si](C)(C)C(C)(C)C)c2)n1. The molecule has 0 bridgehead atoms. The summed E-state index contributed by atoms with van der Waals surface area (Å²) in [4.78, 5) is 19.8. The van der Waals surface area contributed by atoms with E-state index in [-0.39, 0.29) is 21.5 Å². The van der Waals surface area contributed by atoms with Crippen LogP contribution in [-0.4, -0.2) is 63.7 Å². The number of benzene rings is 2. The zero-order valence-corrected chi connectivity index (χ0v) is 36.3. The van der Waals surface area contributed by atoms with Crippen molar-refractivity contribution >= 4 is 39.9 Å². The monoisotopic (exact) mass is 758 g/mol. The number of carbonyl (C=O) groups is 1. The zero-order valence-electron chi connectivity index (χ0n) is 34.3. The molecule has 0 radical (unpaired) electrons. The van der Waals surface area contributed by atoms with Crippen LogP contribution in [0.1, 0.15) is 68.0 Å². The van der Waals surface area contributed by atoms with Crippen LogP contribution in [0.3, 0.4) is 0 Å². The smallest absolute Gasteiger partial charge is 0.324 e. The van der Waals surface area contributed by atoms with Crippen LogP contribution in [0.2, 0.25) is 36.3 Å². The summed E-state index contributed by atoms with van der Waals surface area (Å²) >= 11 is 0. The van der Waals surface area contributed by atoms with E-state index in [1.807, 2.05) is 35.0 Å². The minimum atomic E-state index is -1.93.